The van der Waals surface area contributed by atoms with E-state index in [1.54, 1.807) is 11.7 Å². The summed E-state index contributed by atoms with van der Waals surface area (Å²) in [5, 5.41) is 0.0209. The summed E-state index contributed by atoms with van der Waals surface area (Å²) >= 11 is 5.03. The van der Waals surface area contributed by atoms with Gasteiger partial charge < -0.3 is 9.64 Å². The largest absolute Gasteiger partial charge is 0.496 e. The molecule has 1 aromatic carbocycles. The molecule has 1 unspecified atom stereocenters. The van der Waals surface area contributed by atoms with Crippen LogP contribution in [-0.4, -0.2) is 59.0 Å². The van der Waals surface area contributed by atoms with Gasteiger partial charge >= 0.3 is 5.91 Å². The Morgan fingerprint density at radius 3 is 2.74 bits per heavy atom. The minimum atomic E-state index is -0.119. The lowest BCUT2D eigenvalue weighted by atomic mass is 10.1. The van der Waals surface area contributed by atoms with Crippen LogP contribution in [0.2, 0.25) is 0 Å². The predicted octanol–water partition coefficient (Wildman–Crippen LogP) is 4.42. The van der Waals surface area contributed by atoms with Gasteiger partial charge in [0.1, 0.15) is 15.9 Å². The molecule has 0 spiro atoms. The Hall–Kier alpha value is -2.12. The maximum atomic E-state index is 13.4. The molecule has 0 saturated carbocycles. The van der Waals surface area contributed by atoms with Crippen molar-refractivity contribution in [2.45, 2.75) is 30.9 Å². The number of nitrogens with zero attached hydrogens (tertiary/aromatic N) is 2. The van der Waals surface area contributed by atoms with Gasteiger partial charge in [-0.25, -0.2) is 4.79 Å². The third kappa shape index (κ3) is 5.04. The Morgan fingerprint density at radius 2 is 2.03 bits per heavy atom. The van der Waals surface area contributed by atoms with E-state index in [2.05, 4.69) is 22.0 Å². The van der Waals surface area contributed by atoms with E-state index in [0.717, 1.165) is 47.4 Å². The van der Waals surface area contributed by atoms with E-state index in [9.17, 15) is 9.59 Å². The third-order valence-electron chi connectivity index (χ3n) is 5.70. The van der Waals surface area contributed by atoms with Gasteiger partial charge in [-0.3, -0.25) is 4.79 Å². The number of carbonyl (C=O) groups is 2. The third-order valence-corrected chi connectivity index (χ3v) is 7.52. The fraction of sp³-hybridized carbons (Fsp3) is 0.375. The number of likely N-dealkylation sites (tertiary alicyclic amines) is 1. The normalized spacial score (nSPS) is 22.5. The van der Waals surface area contributed by atoms with Gasteiger partial charge in [0, 0.05) is 19.2 Å². The molecular weight excluding hydrogens is 476 g/mol. The van der Waals surface area contributed by atoms with Gasteiger partial charge in [-0.05, 0) is 52.5 Å². The van der Waals surface area contributed by atoms with E-state index in [0.29, 0.717) is 4.91 Å². The number of benzene rings is 1. The number of hydrogen-bond acceptors (Lipinski definition) is 4. The lowest BCUT2D eigenvalue weighted by molar-refractivity contribution is -0.435. The van der Waals surface area contributed by atoms with Crippen molar-refractivity contribution in [2.75, 3.05) is 26.7 Å². The SMILES string of the molecule is COc1ccc(/C=C2/SC3C=CC=CC3=[N+](CC(=O)N3CCCCCC3)C2=O)cc1Br. The highest BCUT2D eigenvalue weighted by Gasteiger charge is 2.40. The van der Waals surface area contributed by atoms with E-state index in [4.69, 9.17) is 4.74 Å². The van der Waals surface area contributed by atoms with Crippen LogP contribution in [0.1, 0.15) is 31.2 Å². The van der Waals surface area contributed by atoms with Gasteiger partial charge in [0.05, 0.1) is 11.6 Å². The van der Waals surface area contributed by atoms with Gasteiger partial charge in [-0.1, -0.05) is 48.9 Å². The van der Waals surface area contributed by atoms with Crippen molar-refractivity contribution in [2.24, 2.45) is 0 Å². The van der Waals surface area contributed by atoms with Gasteiger partial charge in [0.25, 0.3) is 5.91 Å². The van der Waals surface area contributed by atoms with Crippen LogP contribution in [0.4, 0.5) is 0 Å². The maximum Gasteiger partial charge on any atom is 0.426 e. The zero-order valence-electron chi connectivity index (χ0n) is 17.6. The Labute approximate surface area is 195 Å². The van der Waals surface area contributed by atoms with E-state index >= 15 is 0 Å². The number of halogens is 1. The molecule has 1 aliphatic carbocycles. The number of thioether (sulfide) groups is 1. The number of amides is 2. The fourth-order valence-electron chi connectivity index (χ4n) is 4.03. The number of ether oxygens (including phenoxy) is 1. The smallest absolute Gasteiger partial charge is 0.426 e. The van der Waals surface area contributed by atoms with Crippen molar-refractivity contribution < 1.29 is 18.9 Å². The predicted molar refractivity (Wildman–Crippen MR) is 129 cm³/mol. The topological polar surface area (TPSA) is 49.6 Å². The van der Waals surface area contributed by atoms with Crippen molar-refractivity contribution in [3.05, 3.63) is 57.4 Å². The first-order chi connectivity index (χ1) is 15.1. The summed E-state index contributed by atoms with van der Waals surface area (Å²) in [6.45, 7) is 1.66. The average molecular weight is 502 g/mol. The van der Waals surface area contributed by atoms with E-state index in [1.165, 1.54) is 24.6 Å². The highest BCUT2D eigenvalue weighted by Crippen LogP contribution is 2.34. The highest BCUT2D eigenvalue weighted by atomic mass is 79.9. The molecule has 2 heterocycles. The molecule has 1 aromatic rings. The van der Waals surface area contributed by atoms with Crippen LogP contribution in [0, 0.1) is 0 Å². The van der Waals surface area contributed by atoms with Gasteiger partial charge in [-0.2, -0.15) is 0 Å². The number of rotatable bonds is 4. The molecule has 2 amide bonds. The van der Waals surface area contributed by atoms with Crippen LogP contribution in [0.25, 0.3) is 6.08 Å². The molecule has 1 saturated heterocycles. The molecule has 4 rings (SSSR count). The number of methoxy groups -OCH3 is 1. The molecule has 162 valence electrons. The summed E-state index contributed by atoms with van der Waals surface area (Å²) in [6.07, 6.45) is 14.2. The van der Waals surface area contributed by atoms with Crippen molar-refractivity contribution in [3.8, 4) is 5.75 Å². The van der Waals surface area contributed by atoms with Crippen LogP contribution in [0.5, 0.6) is 5.75 Å². The van der Waals surface area contributed by atoms with E-state index in [1.807, 2.05) is 47.4 Å². The summed E-state index contributed by atoms with van der Waals surface area (Å²) in [7, 11) is 1.62. The van der Waals surface area contributed by atoms with Crippen LogP contribution in [-0.2, 0) is 9.59 Å². The summed E-state index contributed by atoms with van der Waals surface area (Å²) in [4.78, 5) is 29.0. The van der Waals surface area contributed by atoms with Gasteiger partial charge in [-0.15, -0.1) is 4.58 Å². The summed E-state index contributed by atoms with van der Waals surface area (Å²) < 4.78 is 7.80. The number of allylic oxidation sites excluding steroid dienone is 3. The number of fused-ring (bicyclic) bond motifs is 1. The lowest BCUT2D eigenvalue weighted by Gasteiger charge is -2.23. The van der Waals surface area contributed by atoms with Crippen molar-refractivity contribution in [1.29, 1.82) is 0 Å². The van der Waals surface area contributed by atoms with Crippen molar-refractivity contribution in [1.82, 2.24) is 4.90 Å². The maximum absolute atomic E-state index is 13.4. The molecule has 0 radical (unpaired) electrons. The molecule has 7 heteroatoms. The minimum absolute atomic E-state index is 0.0209. The quantitative estimate of drug-likeness (QED) is 0.452. The Bertz CT molecular complexity index is 1000. The van der Waals surface area contributed by atoms with Crippen LogP contribution in [0.3, 0.4) is 0 Å². The summed E-state index contributed by atoms with van der Waals surface area (Å²) in [5.41, 5.74) is 1.79. The monoisotopic (exact) mass is 501 g/mol. The van der Waals surface area contributed by atoms with Crippen LogP contribution in [0.15, 0.2) is 51.9 Å². The first-order valence-corrected chi connectivity index (χ1v) is 12.3. The van der Waals surface area contributed by atoms with Crippen molar-refractivity contribution >= 4 is 51.3 Å². The zero-order valence-corrected chi connectivity index (χ0v) is 20.0. The van der Waals surface area contributed by atoms with Crippen molar-refractivity contribution in [3.63, 3.8) is 0 Å². The van der Waals surface area contributed by atoms with Gasteiger partial charge in [0.15, 0.2) is 0 Å². The molecule has 1 atom stereocenters. The van der Waals surface area contributed by atoms with Crippen LogP contribution < -0.4 is 4.74 Å². The first kappa shape index (κ1) is 22.1. The standard InChI is InChI=1S/C24H26BrN2O3S/c1-30-20-11-10-17(14-18(20)25)15-22-24(29)27(19-8-4-5-9-21(19)31-22)16-23(28)26-12-6-2-3-7-13-26/h4-5,8-11,14-15,21H,2-3,6-7,12-13,16H2,1H3/q+1/b22-15+. The molecule has 5 nitrogen and oxygen atoms in total. The number of carbonyl (C=O) groups excluding carboxylic acids is 2. The van der Waals surface area contributed by atoms with E-state index < -0.39 is 0 Å². The average Bonchev–Trinajstić information content (AvgIpc) is 3.06. The fourth-order valence-corrected chi connectivity index (χ4v) is 5.77. The van der Waals surface area contributed by atoms with E-state index in [-0.39, 0.29) is 23.6 Å². The Balaban J connectivity index is 1.63. The summed E-state index contributed by atoms with van der Waals surface area (Å²) in [5.74, 6) is 0.652. The summed E-state index contributed by atoms with van der Waals surface area (Å²) in [6, 6.07) is 5.73. The molecular formula is C24H26BrN2O3S+. The second-order valence-electron chi connectivity index (χ2n) is 7.80. The second kappa shape index (κ2) is 10.0. The molecule has 0 bridgehead atoms. The Morgan fingerprint density at radius 1 is 1.26 bits per heavy atom. The van der Waals surface area contributed by atoms with Gasteiger partial charge in [0.2, 0.25) is 12.3 Å². The molecule has 31 heavy (non-hydrogen) atoms. The minimum Gasteiger partial charge on any atom is -0.496 e. The molecule has 3 aliphatic rings. The lowest BCUT2D eigenvalue weighted by Crippen LogP contribution is -2.45. The van der Waals surface area contributed by atoms with Crippen LogP contribution >= 0.6 is 27.7 Å². The Kier molecular flexibility index (Phi) is 7.13. The molecule has 0 N–H and O–H groups in total. The molecule has 2 aliphatic heterocycles. The molecule has 1 fully saturated rings. The number of hydrogen-bond donors (Lipinski definition) is 0. The molecule has 0 aromatic heterocycles. The first-order valence-electron chi connectivity index (χ1n) is 10.6. The highest BCUT2D eigenvalue weighted by molar-refractivity contribution is 9.10. The second-order valence-corrected chi connectivity index (χ2v) is 9.83. The zero-order chi connectivity index (χ0) is 21.8.